The molecule has 0 aromatic heterocycles. The van der Waals surface area contributed by atoms with Crippen LogP contribution in [0.15, 0.2) is 53.4 Å². The number of carboxylic acids is 1. The highest BCUT2D eigenvalue weighted by Gasteiger charge is 2.14. The standard InChI is InChI=1S/C16H17NO2S/c1-20-14-9-5-8-13(15(14)16(18)19)17-11-10-12-6-3-2-4-7-12/h2-9,17H,10-11H2,1H3,(H,18,19). The maximum Gasteiger partial charge on any atom is 0.338 e. The van der Waals surface area contributed by atoms with E-state index in [1.165, 1.54) is 17.3 Å². The van der Waals surface area contributed by atoms with E-state index in [4.69, 9.17) is 0 Å². The van der Waals surface area contributed by atoms with E-state index in [1.807, 2.05) is 42.7 Å². The minimum atomic E-state index is -0.892. The summed E-state index contributed by atoms with van der Waals surface area (Å²) >= 11 is 1.45. The summed E-state index contributed by atoms with van der Waals surface area (Å²) in [5.41, 5.74) is 2.27. The lowest BCUT2D eigenvalue weighted by atomic mass is 10.1. The predicted octanol–water partition coefficient (Wildman–Crippen LogP) is 3.76. The van der Waals surface area contributed by atoms with Crippen LogP contribution < -0.4 is 5.32 Å². The Kier molecular flexibility index (Phi) is 5.07. The third-order valence-corrected chi connectivity index (χ3v) is 3.81. The molecule has 0 saturated carbocycles. The highest BCUT2D eigenvalue weighted by molar-refractivity contribution is 7.98. The number of anilines is 1. The van der Waals surface area contributed by atoms with Gasteiger partial charge in [0, 0.05) is 17.1 Å². The molecule has 20 heavy (non-hydrogen) atoms. The molecule has 0 saturated heterocycles. The van der Waals surface area contributed by atoms with Gasteiger partial charge in [0.1, 0.15) is 0 Å². The van der Waals surface area contributed by atoms with Crippen LogP contribution in [0.1, 0.15) is 15.9 Å². The summed E-state index contributed by atoms with van der Waals surface area (Å²) in [5, 5.41) is 12.6. The Morgan fingerprint density at radius 3 is 2.55 bits per heavy atom. The van der Waals surface area contributed by atoms with Crippen LogP contribution in [0.3, 0.4) is 0 Å². The number of aromatic carboxylic acids is 1. The summed E-state index contributed by atoms with van der Waals surface area (Å²) in [6.45, 7) is 0.710. The zero-order valence-electron chi connectivity index (χ0n) is 11.3. The molecule has 2 rings (SSSR count). The fourth-order valence-electron chi connectivity index (χ4n) is 2.06. The van der Waals surface area contributed by atoms with Crippen molar-refractivity contribution in [2.24, 2.45) is 0 Å². The van der Waals surface area contributed by atoms with Gasteiger partial charge in [0.15, 0.2) is 0 Å². The van der Waals surface area contributed by atoms with Gasteiger partial charge in [-0.3, -0.25) is 0 Å². The van der Waals surface area contributed by atoms with E-state index in [0.29, 0.717) is 17.8 Å². The van der Waals surface area contributed by atoms with Crippen LogP contribution in [0.5, 0.6) is 0 Å². The van der Waals surface area contributed by atoms with Gasteiger partial charge in [0.2, 0.25) is 0 Å². The van der Waals surface area contributed by atoms with Crippen molar-refractivity contribution in [3.05, 3.63) is 59.7 Å². The van der Waals surface area contributed by atoms with E-state index >= 15 is 0 Å². The summed E-state index contributed by atoms with van der Waals surface area (Å²) in [7, 11) is 0. The zero-order valence-corrected chi connectivity index (χ0v) is 12.1. The molecule has 0 bridgehead atoms. The van der Waals surface area contributed by atoms with Gasteiger partial charge < -0.3 is 10.4 Å². The molecule has 0 amide bonds. The fraction of sp³-hybridized carbons (Fsp3) is 0.188. The lowest BCUT2D eigenvalue weighted by molar-refractivity contribution is 0.0694. The quantitative estimate of drug-likeness (QED) is 0.794. The first-order valence-electron chi connectivity index (χ1n) is 6.40. The van der Waals surface area contributed by atoms with Gasteiger partial charge in [-0.2, -0.15) is 0 Å². The van der Waals surface area contributed by atoms with Crippen LogP contribution in [0.2, 0.25) is 0 Å². The first-order valence-corrected chi connectivity index (χ1v) is 7.63. The van der Waals surface area contributed by atoms with Crippen LogP contribution in [0.25, 0.3) is 0 Å². The largest absolute Gasteiger partial charge is 0.478 e. The van der Waals surface area contributed by atoms with Crippen molar-refractivity contribution in [2.75, 3.05) is 18.1 Å². The van der Waals surface area contributed by atoms with Crippen molar-refractivity contribution < 1.29 is 9.90 Å². The van der Waals surface area contributed by atoms with Crippen molar-refractivity contribution in [2.45, 2.75) is 11.3 Å². The Labute approximate surface area is 123 Å². The summed E-state index contributed by atoms with van der Waals surface area (Å²) < 4.78 is 0. The van der Waals surface area contributed by atoms with Crippen molar-refractivity contribution in [1.82, 2.24) is 0 Å². The Bertz CT molecular complexity index is 584. The molecular weight excluding hydrogens is 270 g/mol. The molecule has 0 aliphatic rings. The average molecular weight is 287 g/mol. The van der Waals surface area contributed by atoms with Crippen molar-refractivity contribution in [3.8, 4) is 0 Å². The normalized spacial score (nSPS) is 10.2. The lowest BCUT2D eigenvalue weighted by Crippen LogP contribution is -2.10. The number of hydrogen-bond acceptors (Lipinski definition) is 3. The number of carbonyl (C=O) groups is 1. The van der Waals surface area contributed by atoms with Gasteiger partial charge in [0.05, 0.1) is 5.56 Å². The molecule has 0 spiro atoms. The molecule has 0 fully saturated rings. The number of hydrogen-bond donors (Lipinski definition) is 2. The van der Waals surface area contributed by atoms with Gasteiger partial charge >= 0.3 is 5.97 Å². The smallest absolute Gasteiger partial charge is 0.338 e. The molecule has 104 valence electrons. The molecule has 2 aromatic carbocycles. The topological polar surface area (TPSA) is 49.3 Å². The van der Waals surface area contributed by atoms with E-state index in [0.717, 1.165) is 11.3 Å². The monoisotopic (exact) mass is 287 g/mol. The van der Waals surface area contributed by atoms with Crippen LogP contribution in [0, 0.1) is 0 Å². The molecule has 4 heteroatoms. The molecule has 3 nitrogen and oxygen atoms in total. The molecule has 0 heterocycles. The highest BCUT2D eigenvalue weighted by Crippen LogP contribution is 2.27. The maximum atomic E-state index is 11.4. The van der Waals surface area contributed by atoms with E-state index in [-0.39, 0.29) is 0 Å². The van der Waals surface area contributed by atoms with Crippen LogP contribution in [-0.4, -0.2) is 23.9 Å². The Morgan fingerprint density at radius 1 is 1.15 bits per heavy atom. The second-order valence-corrected chi connectivity index (χ2v) is 5.20. The molecule has 0 unspecified atom stereocenters. The van der Waals surface area contributed by atoms with Gasteiger partial charge in [-0.15, -0.1) is 11.8 Å². The predicted molar refractivity (Wildman–Crippen MR) is 83.8 cm³/mol. The van der Waals surface area contributed by atoms with E-state index < -0.39 is 5.97 Å². The van der Waals surface area contributed by atoms with Crippen LogP contribution in [0.4, 0.5) is 5.69 Å². The second kappa shape index (κ2) is 7.01. The van der Waals surface area contributed by atoms with Crippen molar-refractivity contribution in [1.29, 1.82) is 0 Å². The third-order valence-electron chi connectivity index (χ3n) is 3.03. The summed E-state index contributed by atoms with van der Waals surface area (Å²) in [5.74, 6) is -0.892. The first-order chi connectivity index (χ1) is 9.72. The third kappa shape index (κ3) is 3.54. The summed E-state index contributed by atoms with van der Waals surface area (Å²) in [4.78, 5) is 12.2. The van der Waals surface area contributed by atoms with E-state index in [1.54, 1.807) is 0 Å². The van der Waals surface area contributed by atoms with Crippen LogP contribution in [-0.2, 0) is 6.42 Å². The minimum Gasteiger partial charge on any atom is -0.478 e. The highest BCUT2D eigenvalue weighted by atomic mass is 32.2. The van der Waals surface area contributed by atoms with Crippen molar-refractivity contribution >= 4 is 23.4 Å². The summed E-state index contributed by atoms with van der Waals surface area (Å²) in [6.07, 6.45) is 2.75. The van der Waals surface area contributed by atoms with Gasteiger partial charge in [0.25, 0.3) is 0 Å². The Balaban J connectivity index is 2.08. The first kappa shape index (κ1) is 14.5. The average Bonchev–Trinajstić information content (AvgIpc) is 2.47. The summed E-state index contributed by atoms with van der Waals surface area (Å²) in [6, 6.07) is 15.7. The molecule has 0 atom stereocenters. The van der Waals surface area contributed by atoms with Crippen LogP contribution >= 0.6 is 11.8 Å². The maximum absolute atomic E-state index is 11.4. The Hall–Kier alpha value is -1.94. The van der Waals surface area contributed by atoms with Gasteiger partial charge in [-0.05, 0) is 30.4 Å². The molecule has 0 radical (unpaired) electrons. The minimum absolute atomic E-state index is 0.355. The molecular formula is C16H17NO2S. The van der Waals surface area contributed by atoms with Crippen molar-refractivity contribution in [3.63, 3.8) is 0 Å². The van der Waals surface area contributed by atoms with E-state index in [2.05, 4.69) is 17.4 Å². The molecule has 0 aliphatic carbocycles. The number of thioether (sulfide) groups is 1. The number of nitrogens with one attached hydrogen (secondary N) is 1. The Morgan fingerprint density at radius 2 is 1.90 bits per heavy atom. The SMILES string of the molecule is CSc1cccc(NCCc2ccccc2)c1C(=O)O. The number of carboxylic acid groups (broad SMARTS) is 1. The number of benzene rings is 2. The zero-order chi connectivity index (χ0) is 14.4. The fourth-order valence-corrected chi connectivity index (χ4v) is 2.67. The molecule has 2 N–H and O–H groups in total. The van der Waals surface area contributed by atoms with Gasteiger partial charge in [-0.1, -0.05) is 36.4 Å². The van der Waals surface area contributed by atoms with E-state index in [9.17, 15) is 9.90 Å². The second-order valence-electron chi connectivity index (χ2n) is 4.35. The molecule has 2 aromatic rings. The number of rotatable bonds is 6. The lowest BCUT2D eigenvalue weighted by Gasteiger charge is -2.12. The van der Waals surface area contributed by atoms with Gasteiger partial charge in [-0.25, -0.2) is 4.79 Å². The molecule has 0 aliphatic heterocycles.